The minimum absolute atomic E-state index is 0.105. The first-order chi connectivity index (χ1) is 16.3. The quantitative estimate of drug-likeness (QED) is 0.343. The van der Waals surface area contributed by atoms with Gasteiger partial charge >= 0.3 is 5.97 Å². The Bertz CT molecular complexity index is 726. The van der Waals surface area contributed by atoms with E-state index in [2.05, 4.69) is 19.2 Å². The lowest BCUT2D eigenvalue weighted by Crippen LogP contribution is -2.52. The van der Waals surface area contributed by atoms with Crippen LogP contribution in [0.1, 0.15) is 117 Å². The highest BCUT2D eigenvalue weighted by atomic mass is 16.4. The van der Waals surface area contributed by atoms with Crippen molar-refractivity contribution in [2.75, 3.05) is 6.54 Å². The second-order valence-corrected chi connectivity index (χ2v) is 12.9. The predicted molar refractivity (Wildman–Crippen MR) is 136 cm³/mol. The molecule has 4 rings (SSSR count). The summed E-state index contributed by atoms with van der Waals surface area (Å²) in [5.74, 6) is 3.42. The molecule has 194 valence electrons. The number of carboxylic acids is 1. The van der Waals surface area contributed by atoms with Crippen LogP contribution in [-0.2, 0) is 9.59 Å². The second kappa shape index (κ2) is 10.9. The van der Waals surface area contributed by atoms with Gasteiger partial charge in [0.15, 0.2) is 0 Å². The van der Waals surface area contributed by atoms with E-state index in [-0.39, 0.29) is 5.91 Å². The third-order valence-electron chi connectivity index (χ3n) is 11.3. The predicted octanol–water partition coefficient (Wildman–Crippen LogP) is 5.90. The number of aliphatic carboxylic acids is 1. The zero-order chi connectivity index (χ0) is 24.3. The topological polar surface area (TPSA) is 92.4 Å². The lowest BCUT2D eigenvalue weighted by Gasteiger charge is -2.60. The van der Waals surface area contributed by atoms with Gasteiger partial charge in [-0.15, -0.1) is 0 Å². The third kappa shape index (κ3) is 5.06. The summed E-state index contributed by atoms with van der Waals surface area (Å²) in [4.78, 5) is 24.0. The van der Waals surface area contributed by atoms with Gasteiger partial charge in [0.05, 0.1) is 0 Å². The van der Waals surface area contributed by atoms with Crippen LogP contribution in [-0.4, -0.2) is 29.6 Å². The van der Waals surface area contributed by atoms with E-state index in [9.17, 15) is 14.7 Å². The molecule has 0 aliphatic heterocycles. The van der Waals surface area contributed by atoms with Gasteiger partial charge < -0.3 is 16.2 Å². The minimum atomic E-state index is -0.936. The molecule has 34 heavy (non-hydrogen) atoms. The van der Waals surface area contributed by atoms with Crippen molar-refractivity contribution < 1.29 is 14.7 Å². The van der Waals surface area contributed by atoms with Crippen LogP contribution < -0.4 is 11.1 Å². The maximum absolute atomic E-state index is 12.5. The summed E-state index contributed by atoms with van der Waals surface area (Å²) in [7, 11) is 0. The summed E-state index contributed by atoms with van der Waals surface area (Å²) in [5.41, 5.74) is 6.56. The van der Waals surface area contributed by atoms with E-state index in [0.717, 1.165) is 55.3 Å². The maximum atomic E-state index is 12.5. The molecule has 8 unspecified atom stereocenters. The molecular weight excluding hydrogens is 424 g/mol. The molecule has 0 spiro atoms. The number of carbonyl (C=O) groups excluding carboxylic acids is 1. The highest BCUT2D eigenvalue weighted by Crippen LogP contribution is 2.67. The van der Waals surface area contributed by atoms with Gasteiger partial charge in [-0.05, 0) is 130 Å². The third-order valence-corrected chi connectivity index (χ3v) is 11.3. The van der Waals surface area contributed by atoms with Crippen molar-refractivity contribution in [1.82, 2.24) is 5.32 Å². The standard InChI is InChI=1S/C29H50N2O3/c1-28-17-5-3-8-20(28)12-14-22-23-15-13-21(29(23,2)18-16-24(22)28)9-7-11-26(32)31-25(27(33)34)10-4-6-19-30/h20-25H,3-19,30H2,1-2H3,(H,31,32)(H,33,34). The summed E-state index contributed by atoms with van der Waals surface area (Å²) in [5, 5.41) is 12.2. The Kier molecular flexibility index (Phi) is 8.32. The maximum Gasteiger partial charge on any atom is 0.326 e. The fraction of sp³-hybridized carbons (Fsp3) is 0.931. The van der Waals surface area contributed by atoms with Crippen molar-refractivity contribution in [3.8, 4) is 0 Å². The van der Waals surface area contributed by atoms with Crippen molar-refractivity contribution in [3.05, 3.63) is 0 Å². The van der Waals surface area contributed by atoms with Crippen molar-refractivity contribution in [1.29, 1.82) is 0 Å². The van der Waals surface area contributed by atoms with E-state index in [1.54, 1.807) is 0 Å². The van der Waals surface area contributed by atoms with Crippen molar-refractivity contribution in [3.63, 3.8) is 0 Å². The Hall–Kier alpha value is -1.10. The van der Waals surface area contributed by atoms with Gasteiger partial charge in [-0.1, -0.05) is 26.7 Å². The average molecular weight is 475 g/mol. The number of nitrogens with two attached hydrogens (primary N) is 1. The van der Waals surface area contributed by atoms with Gasteiger partial charge in [0.25, 0.3) is 0 Å². The minimum Gasteiger partial charge on any atom is -0.480 e. The van der Waals surface area contributed by atoms with Gasteiger partial charge in [0.2, 0.25) is 5.91 Å². The van der Waals surface area contributed by atoms with E-state index < -0.39 is 12.0 Å². The van der Waals surface area contributed by atoms with Crippen molar-refractivity contribution in [2.45, 2.75) is 123 Å². The van der Waals surface area contributed by atoms with Crippen LogP contribution in [0, 0.1) is 40.4 Å². The van der Waals surface area contributed by atoms with Crippen LogP contribution in [0.5, 0.6) is 0 Å². The molecular formula is C29H50N2O3. The summed E-state index contributed by atoms with van der Waals surface area (Å²) in [6.07, 6.45) is 18.7. The smallest absolute Gasteiger partial charge is 0.326 e. The molecule has 0 radical (unpaired) electrons. The van der Waals surface area contributed by atoms with Crippen LogP contribution in [0.25, 0.3) is 0 Å². The van der Waals surface area contributed by atoms with Crippen LogP contribution in [0.4, 0.5) is 0 Å². The first-order valence-corrected chi connectivity index (χ1v) is 14.5. The Labute approximate surface area is 207 Å². The summed E-state index contributed by atoms with van der Waals surface area (Å²) < 4.78 is 0. The molecule has 1 amide bonds. The highest BCUT2D eigenvalue weighted by molar-refractivity contribution is 5.83. The summed E-state index contributed by atoms with van der Waals surface area (Å²) in [6, 6.07) is -0.779. The molecule has 4 fully saturated rings. The molecule has 5 nitrogen and oxygen atoms in total. The van der Waals surface area contributed by atoms with Crippen molar-refractivity contribution in [2.24, 2.45) is 46.2 Å². The fourth-order valence-corrected chi connectivity index (χ4v) is 9.40. The highest BCUT2D eigenvalue weighted by Gasteiger charge is 2.59. The molecule has 4 aliphatic rings. The lowest BCUT2D eigenvalue weighted by atomic mass is 9.45. The molecule has 8 atom stereocenters. The van der Waals surface area contributed by atoms with Crippen LogP contribution in [0.3, 0.4) is 0 Å². The number of nitrogens with one attached hydrogen (secondary N) is 1. The van der Waals surface area contributed by atoms with E-state index in [1.807, 2.05) is 0 Å². The van der Waals surface area contributed by atoms with Crippen molar-refractivity contribution >= 4 is 11.9 Å². The van der Waals surface area contributed by atoms with E-state index in [0.29, 0.717) is 30.2 Å². The largest absolute Gasteiger partial charge is 0.480 e. The zero-order valence-electron chi connectivity index (χ0n) is 21.8. The van der Waals surface area contributed by atoms with E-state index in [4.69, 9.17) is 5.73 Å². The Morgan fingerprint density at radius 2 is 1.74 bits per heavy atom. The monoisotopic (exact) mass is 474 g/mol. The Balaban J connectivity index is 1.28. The first-order valence-electron chi connectivity index (χ1n) is 14.5. The number of carbonyl (C=O) groups is 2. The second-order valence-electron chi connectivity index (χ2n) is 12.9. The average Bonchev–Trinajstić information content (AvgIpc) is 3.14. The first kappa shape index (κ1) is 26.0. The Morgan fingerprint density at radius 1 is 0.941 bits per heavy atom. The van der Waals surface area contributed by atoms with E-state index in [1.165, 1.54) is 64.2 Å². The van der Waals surface area contributed by atoms with Gasteiger partial charge in [0, 0.05) is 6.42 Å². The number of unbranched alkanes of at least 4 members (excludes halogenated alkanes) is 1. The lowest BCUT2D eigenvalue weighted by molar-refractivity contribution is -0.142. The molecule has 0 bridgehead atoms. The fourth-order valence-electron chi connectivity index (χ4n) is 9.40. The number of fused-ring (bicyclic) bond motifs is 5. The SMILES string of the molecule is CC12CCCCC1CCC1C2CCC2(C)C(CCCC(=O)NC(CCCCN)C(=O)O)CCC12. The normalized spacial score (nSPS) is 40.0. The van der Waals surface area contributed by atoms with Gasteiger partial charge in [-0.25, -0.2) is 4.79 Å². The molecule has 4 N–H and O–H groups in total. The molecule has 0 aromatic heterocycles. The van der Waals surface area contributed by atoms with Crippen LogP contribution in [0.15, 0.2) is 0 Å². The number of hydrogen-bond acceptors (Lipinski definition) is 3. The van der Waals surface area contributed by atoms with Gasteiger partial charge in [0.1, 0.15) is 6.04 Å². The number of amides is 1. The molecule has 0 aromatic rings. The van der Waals surface area contributed by atoms with Gasteiger partial charge in [-0.3, -0.25) is 4.79 Å². The number of carboxylic acid groups (broad SMARTS) is 1. The number of rotatable bonds is 10. The van der Waals surface area contributed by atoms with Gasteiger partial charge in [-0.2, -0.15) is 0 Å². The molecule has 0 saturated heterocycles. The Morgan fingerprint density at radius 3 is 2.50 bits per heavy atom. The van der Waals surface area contributed by atoms with Crippen LogP contribution >= 0.6 is 0 Å². The van der Waals surface area contributed by atoms with Crippen LogP contribution in [0.2, 0.25) is 0 Å². The molecule has 4 saturated carbocycles. The molecule has 5 heteroatoms. The summed E-state index contributed by atoms with van der Waals surface area (Å²) in [6.45, 7) is 5.80. The summed E-state index contributed by atoms with van der Waals surface area (Å²) >= 11 is 0. The molecule has 4 aliphatic carbocycles. The zero-order valence-corrected chi connectivity index (χ0v) is 21.8. The molecule has 0 aromatic carbocycles. The van der Waals surface area contributed by atoms with E-state index >= 15 is 0 Å². The number of hydrogen-bond donors (Lipinski definition) is 3. The molecule has 0 heterocycles.